The maximum absolute atomic E-state index is 12.9. The Bertz CT molecular complexity index is 1080. The molecule has 2 aromatic heterocycles. The molecule has 2 N–H and O–H groups in total. The normalized spacial score (nSPS) is 14.7. The van der Waals surface area contributed by atoms with E-state index in [1.165, 1.54) is 4.68 Å². The summed E-state index contributed by atoms with van der Waals surface area (Å²) in [5.41, 5.74) is 0.857. The average Bonchev–Trinajstić information content (AvgIpc) is 3.49. The van der Waals surface area contributed by atoms with Gasteiger partial charge in [-0.1, -0.05) is 6.07 Å². The highest BCUT2D eigenvalue weighted by molar-refractivity contribution is 5.95. The lowest BCUT2D eigenvalue weighted by Gasteiger charge is -2.19. The van der Waals surface area contributed by atoms with Crippen molar-refractivity contribution >= 4 is 23.9 Å². The van der Waals surface area contributed by atoms with Crippen molar-refractivity contribution < 1.29 is 23.9 Å². The van der Waals surface area contributed by atoms with E-state index in [0.29, 0.717) is 17.1 Å². The quantitative estimate of drug-likeness (QED) is 0.607. The minimum absolute atomic E-state index is 0.210. The molecule has 2 aromatic rings. The van der Waals surface area contributed by atoms with Crippen LogP contribution in [0.1, 0.15) is 90.1 Å². The summed E-state index contributed by atoms with van der Waals surface area (Å²) in [7, 11) is 0. The molecule has 0 bridgehead atoms. The molecule has 1 saturated carbocycles. The van der Waals surface area contributed by atoms with Gasteiger partial charge >= 0.3 is 12.2 Å². The van der Waals surface area contributed by atoms with Gasteiger partial charge in [-0.05, 0) is 72.9 Å². The first kappa shape index (κ1) is 26.2. The van der Waals surface area contributed by atoms with Gasteiger partial charge in [0.15, 0.2) is 5.82 Å². The predicted molar refractivity (Wildman–Crippen MR) is 130 cm³/mol. The number of amides is 2. The smallest absolute Gasteiger partial charge is 0.435 e. The van der Waals surface area contributed by atoms with E-state index in [0.717, 1.165) is 18.5 Å². The van der Waals surface area contributed by atoms with Gasteiger partial charge < -0.3 is 20.1 Å². The molecule has 35 heavy (non-hydrogen) atoms. The Morgan fingerprint density at radius 3 is 2.29 bits per heavy atom. The maximum Gasteiger partial charge on any atom is 0.435 e. The number of hydrogen-bond donors (Lipinski definition) is 2. The van der Waals surface area contributed by atoms with Crippen LogP contribution in [0, 0.1) is 0 Å². The Morgan fingerprint density at radius 2 is 1.74 bits per heavy atom. The summed E-state index contributed by atoms with van der Waals surface area (Å²) in [6.07, 6.45) is 2.46. The number of nitrogens with zero attached hydrogens (tertiary/aromatic N) is 3. The molecular weight excluding hydrogens is 450 g/mol. The van der Waals surface area contributed by atoms with Crippen LogP contribution in [-0.4, -0.2) is 44.1 Å². The first-order valence-electron chi connectivity index (χ1n) is 11.8. The standard InChI is InChI=1S/C25H35N5O5/c1-15(17-10-11-18(26-13-17)14-27-22(32)34-24(2,3)4)21(31)28-20-12-19(16-8-9-16)30(29-20)23(33)35-25(5,6)7/h10-13,15-16H,8-9,14H2,1-7H3,(H,27,32)(H,28,29,31). The van der Waals surface area contributed by atoms with Crippen molar-refractivity contribution in [3.05, 3.63) is 41.3 Å². The lowest BCUT2D eigenvalue weighted by atomic mass is 10.0. The number of carbonyl (C=O) groups excluding carboxylic acids is 3. The van der Waals surface area contributed by atoms with E-state index in [9.17, 15) is 14.4 Å². The molecule has 2 amide bonds. The van der Waals surface area contributed by atoms with Crippen molar-refractivity contribution in [1.29, 1.82) is 0 Å². The van der Waals surface area contributed by atoms with Gasteiger partial charge in [0, 0.05) is 18.2 Å². The van der Waals surface area contributed by atoms with E-state index < -0.39 is 29.3 Å². The van der Waals surface area contributed by atoms with Crippen LogP contribution in [-0.2, 0) is 20.8 Å². The molecule has 3 rings (SSSR count). The van der Waals surface area contributed by atoms with E-state index in [4.69, 9.17) is 9.47 Å². The number of carbonyl (C=O) groups is 3. The van der Waals surface area contributed by atoms with Gasteiger partial charge in [-0.3, -0.25) is 9.78 Å². The minimum atomic E-state index is -0.649. The predicted octanol–water partition coefficient (Wildman–Crippen LogP) is 4.71. The Labute approximate surface area is 205 Å². The molecule has 190 valence electrons. The van der Waals surface area contributed by atoms with Gasteiger partial charge in [0.1, 0.15) is 11.2 Å². The van der Waals surface area contributed by atoms with Crippen LogP contribution < -0.4 is 10.6 Å². The summed E-state index contributed by atoms with van der Waals surface area (Å²) in [6.45, 7) is 12.7. The van der Waals surface area contributed by atoms with Gasteiger partial charge in [-0.15, -0.1) is 5.10 Å². The first-order chi connectivity index (χ1) is 16.2. The average molecular weight is 486 g/mol. The summed E-state index contributed by atoms with van der Waals surface area (Å²) in [5.74, 6) is -0.237. The third-order valence-electron chi connectivity index (χ3n) is 5.10. The third kappa shape index (κ3) is 7.80. The Morgan fingerprint density at radius 1 is 1.09 bits per heavy atom. The summed E-state index contributed by atoms with van der Waals surface area (Å²) in [6, 6.07) is 5.27. The van der Waals surface area contributed by atoms with Crippen molar-refractivity contribution in [3.63, 3.8) is 0 Å². The SMILES string of the molecule is CC(C(=O)Nc1cc(C2CC2)n(C(=O)OC(C)(C)C)n1)c1ccc(CNC(=O)OC(C)(C)C)nc1. The molecule has 0 spiro atoms. The first-order valence-corrected chi connectivity index (χ1v) is 11.8. The van der Waals surface area contributed by atoms with Crippen LogP contribution >= 0.6 is 0 Å². The van der Waals surface area contributed by atoms with Gasteiger partial charge in [-0.25, -0.2) is 9.59 Å². The second-order valence-corrected chi connectivity index (χ2v) is 10.8. The minimum Gasteiger partial charge on any atom is -0.444 e. The Kier molecular flexibility index (Phi) is 7.52. The fraction of sp³-hybridized carbons (Fsp3) is 0.560. The molecule has 0 saturated heterocycles. The number of aromatic nitrogens is 3. The fourth-order valence-electron chi connectivity index (χ4n) is 3.24. The summed E-state index contributed by atoms with van der Waals surface area (Å²) in [4.78, 5) is 41.6. The number of hydrogen-bond acceptors (Lipinski definition) is 7. The maximum atomic E-state index is 12.9. The highest BCUT2D eigenvalue weighted by atomic mass is 16.6. The molecule has 2 heterocycles. The van der Waals surface area contributed by atoms with Crippen LogP contribution in [0.15, 0.2) is 24.4 Å². The molecule has 1 aliphatic carbocycles. The summed E-state index contributed by atoms with van der Waals surface area (Å²) >= 11 is 0. The van der Waals surface area contributed by atoms with E-state index in [2.05, 4.69) is 20.7 Å². The highest BCUT2D eigenvalue weighted by Crippen LogP contribution is 2.41. The Hall–Kier alpha value is -3.43. The lowest BCUT2D eigenvalue weighted by molar-refractivity contribution is -0.117. The van der Waals surface area contributed by atoms with E-state index in [1.807, 2.05) is 0 Å². The highest BCUT2D eigenvalue weighted by Gasteiger charge is 2.32. The Balaban J connectivity index is 1.61. The van der Waals surface area contributed by atoms with Gasteiger partial charge in [0.2, 0.25) is 5.91 Å². The van der Waals surface area contributed by atoms with Crippen molar-refractivity contribution in [2.75, 3.05) is 5.32 Å². The zero-order valence-corrected chi connectivity index (χ0v) is 21.5. The topological polar surface area (TPSA) is 124 Å². The van der Waals surface area contributed by atoms with Crippen molar-refractivity contribution in [1.82, 2.24) is 20.1 Å². The van der Waals surface area contributed by atoms with E-state index >= 15 is 0 Å². The van der Waals surface area contributed by atoms with Crippen LogP contribution in [0.25, 0.3) is 0 Å². The number of rotatable bonds is 6. The van der Waals surface area contributed by atoms with Crippen molar-refractivity contribution in [3.8, 4) is 0 Å². The zero-order valence-electron chi connectivity index (χ0n) is 21.5. The van der Waals surface area contributed by atoms with Gasteiger partial charge in [0.25, 0.3) is 0 Å². The molecule has 0 radical (unpaired) electrons. The second-order valence-electron chi connectivity index (χ2n) is 10.8. The molecule has 10 heteroatoms. The molecular formula is C25H35N5O5. The summed E-state index contributed by atoms with van der Waals surface area (Å²) < 4.78 is 11.9. The van der Waals surface area contributed by atoms with Gasteiger partial charge in [-0.2, -0.15) is 4.68 Å². The van der Waals surface area contributed by atoms with Crippen molar-refractivity contribution in [2.45, 2.75) is 90.9 Å². The number of ether oxygens (including phenoxy) is 2. The lowest BCUT2D eigenvalue weighted by Crippen LogP contribution is -2.32. The largest absolute Gasteiger partial charge is 0.444 e. The monoisotopic (exact) mass is 485 g/mol. The zero-order chi connectivity index (χ0) is 26.0. The third-order valence-corrected chi connectivity index (χ3v) is 5.10. The number of nitrogens with one attached hydrogen (secondary N) is 2. The van der Waals surface area contributed by atoms with Crippen LogP contribution in [0.2, 0.25) is 0 Å². The molecule has 0 aliphatic heterocycles. The number of anilines is 1. The van der Waals surface area contributed by atoms with Crippen LogP contribution in [0.3, 0.4) is 0 Å². The second kappa shape index (κ2) is 10.1. The fourth-order valence-corrected chi connectivity index (χ4v) is 3.24. The van der Waals surface area contributed by atoms with Crippen molar-refractivity contribution in [2.24, 2.45) is 0 Å². The molecule has 1 fully saturated rings. The molecule has 1 aliphatic rings. The van der Waals surface area contributed by atoms with E-state index in [1.54, 1.807) is 72.9 Å². The van der Waals surface area contributed by atoms with Crippen LogP contribution in [0.5, 0.6) is 0 Å². The summed E-state index contributed by atoms with van der Waals surface area (Å²) in [5, 5.41) is 9.75. The number of pyridine rings is 1. The van der Waals surface area contributed by atoms with Crippen LogP contribution in [0.4, 0.5) is 15.4 Å². The molecule has 1 unspecified atom stereocenters. The van der Waals surface area contributed by atoms with Gasteiger partial charge in [0.05, 0.1) is 23.9 Å². The molecule has 0 aromatic carbocycles. The molecule has 1 atom stereocenters. The van der Waals surface area contributed by atoms with E-state index in [-0.39, 0.29) is 18.4 Å². The molecule has 10 nitrogen and oxygen atoms in total. The number of alkyl carbamates (subject to hydrolysis) is 1.